The third kappa shape index (κ3) is 2.97. The zero-order valence-corrected chi connectivity index (χ0v) is 11.0. The first-order valence-corrected chi connectivity index (χ1v) is 6.13. The van der Waals surface area contributed by atoms with Gasteiger partial charge in [-0.05, 0) is 19.8 Å². The number of hydrogen-bond acceptors (Lipinski definition) is 3. The molecule has 0 aromatic carbocycles. The molecule has 1 saturated carbocycles. The van der Waals surface area contributed by atoms with Crippen LogP contribution >= 0.6 is 0 Å². The third-order valence-corrected chi connectivity index (χ3v) is 3.82. The molecule has 0 radical (unpaired) electrons. The molecule has 0 bridgehead atoms. The summed E-state index contributed by atoms with van der Waals surface area (Å²) in [4.78, 5) is 25.0. The predicted molar refractivity (Wildman–Crippen MR) is 66.3 cm³/mol. The topological polar surface area (TPSA) is 75.4 Å². The number of nitrogens with zero attached hydrogens (tertiary/aromatic N) is 1. The summed E-state index contributed by atoms with van der Waals surface area (Å²) in [6.45, 7) is 2.38. The second-order valence-electron chi connectivity index (χ2n) is 5.07. The lowest BCUT2D eigenvalue weighted by molar-refractivity contribution is -0.140. The molecule has 2 atom stereocenters. The van der Waals surface area contributed by atoms with Crippen molar-refractivity contribution in [1.82, 2.24) is 10.2 Å². The average molecular weight is 241 g/mol. The quantitative estimate of drug-likeness (QED) is 0.733. The van der Waals surface area contributed by atoms with Crippen LogP contribution in [0.3, 0.4) is 0 Å². The fraction of sp³-hybridized carbons (Fsp3) is 0.833. The Morgan fingerprint density at radius 1 is 1.53 bits per heavy atom. The van der Waals surface area contributed by atoms with Crippen LogP contribution in [0.4, 0.5) is 0 Å². The van der Waals surface area contributed by atoms with Crippen molar-refractivity contribution < 1.29 is 9.59 Å². The maximum absolute atomic E-state index is 12.3. The first-order chi connectivity index (χ1) is 7.91. The molecule has 1 fully saturated rings. The van der Waals surface area contributed by atoms with E-state index in [2.05, 4.69) is 5.32 Å². The minimum atomic E-state index is -0.447. The van der Waals surface area contributed by atoms with Crippen LogP contribution in [-0.2, 0) is 9.59 Å². The van der Waals surface area contributed by atoms with E-state index in [1.54, 1.807) is 19.0 Å². The van der Waals surface area contributed by atoms with Crippen molar-refractivity contribution in [3.63, 3.8) is 0 Å². The van der Waals surface area contributed by atoms with E-state index >= 15 is 0 Å². The SMILES string of the molecule is CNC(=O)CCN(C)C(=O)C1(C)CCCC1N. The molecule has 0 aromatic heterocycles. The van der Waals surface area contributed by atoms with E-state index in [-0.39, 0.29) is 17.9 Å². The molecule has 5 nitrogen and oxygen atoms in total. The number of nitrogens with one attached hydrogen (secondary N) is 1. The fourth-order valence-electron chi connectivity index (χ4n) is 2.39. The van der Waals surface area contributed by atoms with Gasteiger partial charge in [-0.3, -0.25) is 9.59 Å². The maximum Gasteiger partial charge on any atom is 0.229 e. The number of nitrogens with two attached hydrogens (primary N) is 1. The van der Waals surface area contributed by atoms with Crippen LogP contribution in [0.15, 0.2) is 0 Å². The van der Waals surface area contributed by atoms with E-state index in [4.69, 9.17) is 5.73 Å². The van der Waals surface area contributed by atoms with Gasteiger partial charge in [0.15, 0.2) is 0 Å². The largest absolute Gasteiger partial charge is 0.359 e. The van der Waals surface area contributed by atoms with E-state index in [1.807, 2.05) is 6.92 Å². The Morgan fingerprint density at radius 2 is 2.18 bits per heavy atom. The molecule has 2 amide bonds. The molecular weight excluding hydrogens is 218 g/mol. The van der Waals surface area contributed by atoms with Gasteiger partial charge in [0.25, 0.3) is 0 Å². The molecule has 3 N–H and O–H groups in total. The van der Waals surface area contributed by atoms with E-state index < -0.39 is 5.41 Å². The van der Waals surface area contributed by atoms with E-state index in [0.29, 0.717) is 13.0 Å². The molecule has 17 heavy (non-hydrogen) atoms. The lowest BCUT2D eigenvalue weighted by Crippen LogP contribution is -2.48. The summed E-state index contributed by atoms with van der Waals surface area (Å²) in [5.74, 6) is 0.0110. The Balaban J connectivity index is 2.54. The Hall–Kier alpha value is -1.10. The monoisotopic (exact) mass is 241 g/mol. The zero-order valence-electron chi connectivity index (χ0n) is 11.0. The van der Waals surface area contributed by atoms with Crippen molar-refractivity contribution in [3.05, 3.63) is 0 Å². The van der Waals surface area contributed by atoms with Gasteiger partial charge >= 0.3 is 0 Å². The van der Waals surface area contributed by atoms with E-state index in [0.717, 1.165) is 19.3 Å². The molecule has 0 heterocycles. The minimum Gasteiger partial charge on any atom is -0.359 e. The van der Waals surface area contributed by atoms with Gasteiger partial charge in [-0.15, -0.1) is 0 Å². The highest BCUT2D eigenvalue weighted by molar-refractivity contribution is 5.84. The van der Waals surface area contributed by atoms with Crippen molar-refractivity contribution in [2.45, 2.75) is 38.6 Å². The molecule has 2 unspecified atom stereocenters. The van der Waals surface area contributed by atoms with Crippen molar-refractivity contribution in [2.24, 2.45) is 11.1 Å². The second-order valence-corrected chi connectivity index (χ2v) is 5.07. The number of carbonyl (C=O) groups excluding carboxylic acids is 2. The predicted octanol–water partition coefficient (Wildman–Crippen LogP) is 0.0984. The van der Waals surface area contributed by atoms with Crippen LogP contribution in [0.25, 0.3) is 0 Å². The van der Waals surface area contributed by atoms with Crippen LogP contribution in [0.2, 0.25) is 0 Å². The summed E-state index contributed by atoms with van der Waals surface area (Å²) in [5.41, 5.74) is 5.56. The van der Waals surface area contributed by atoms with Crippen molar-refractivity contribution in [3.8, 4) is 0 Å². The first-order valence-electron chi connectivity index (χ1n) is 6.13. The van der Waals surface area contributed by atoms with Crippen molar-refractivity contribution in [2.75, 3.05) is 20.6 Å². The molecular formula is C12H23N3O2. The van der Waals surface area contributed by atoms with Gasteiger partial charge < -0.3 is 16.0 Å². The average Bonchev–Trinajstić information content (AvgIpc) is 2.66. The van der Waals surface area contributed by atoms with Gasteiger partial charge in [0.05, 0.1) is 5.41 Å². The fourth-order valence-corrected chi connectivity index (χ4v) is 2.39. The smallest absolute Gasteiger partial charge is 0.229 e. The van der Waals surface area contributed by atoms with Crippen molar-refractivity contribution >= 4 is 11.8 Å². The van der Waals surface area contributed by atoms with Crippen LogP contribution in [-0.4, -0.2) is 43.4 Å². The summed E-state index contributed by atoms with van der Waals surface area (Å²) in [6.07, 6.45) is 3.10. The Labute approximate surface area is 103 Å². The highest BCUT2D eigenvalue weighted by Gasteiger charge is 2.44. The standard InChI is InChI=1S/C12H23N3O2/c1-12(7-4-5-9(12)13)11(17)15(3)8-6-10(16)14-2/h9H,4-8,13H2,1-3H3,(H,14,16). The second kappa shape index (κ2) is 5.49. The van der Waals surface area contributed by atoms with Gasteiger partial charge in [0.2, 0.25) is 11.8 Å². The highest BCUT2D eigenvalue weighted by atomic mass is 16.2. The number of rotatable bonds is 4. The van der Waals surface area contributed by atoms with Crippen LogP contribution in [0, 0.1) is 5.41 Å². The molecule has 1 aliphatic rings. The Kier molecular flexibility index (Phi) is 4.51. The number of hydrogen-bond donors (Lipinski definition) is 2. The molecule has 5 heteroatoms. The molecule has 98 valence electrons. The zero-order chi connectivity index (χ0) is 13.1. The normalized spacial score (nSPS) is 27.9. The summed E-state index contributed by atoms with van der Waals surface area (Å²) < 4.78 is 0. The summed E-state index contributed by atoms with van der Waals surface area (Å²) in [7, 11) is 3.33. The van der Waals surface area contributed by atoms with Gasteiger partial charge in [0.1, 0.15) is 0 Å². The molecule has 0 saturated heterocycles. The molecule has 1 rings (SSSR count). The lowest BCUT2D eigenvalue weighted by atomic mass is 9.83. The lowest BCUT2D eigenvalue weighted by Gasteiger charge is -2.32. The third-order valence-electron chi connectivity index (χ3n) is 3.82. The highest BCUT2D eigenvalue weighted by Crippen LogP contribution is 2.38. The van der Waals surface area contributed by atoms with Gasteiger partial charge in [-0.2, -0.15) is 0 Å². The van der Waals surface area contributed by atoms with Gasteiger partial charge in [-0.1, -0.05) is 6.42 Å². The van der Waals surface area contributed by atoms with Gasteiger partial charge in [-0.25, -0.2) is 0 Å². The van der Waals surface area contributed by atoms with Crippen LogP contribution < -0.4 is 11.1 Å². The molecule has 0 spiro atoms. The Bertz CT molecular complexity index is 306. The Morgan fingerprint density at radius 3 is 2.65 bits per heavy atom. The molecule has 0 aliphatic heterocycles. The summed E-state index contributed by atoms with van der Waals surface area (Å²) in [5, 5.41) is 2.55. The molecule has 0 aromatic rings. The van der Waals surface area contributed by atoms with Crippen LogP contribution in [0.5, 0.6) is 0 Å². The van der Waals surface area contributed by atoms with Crippen LogP contribution in [0.1, 0.15) is 32.6 Å². The summed E-state index contributed by atoms with van der Waals surface area (Å²) >= 11 is 0. The van der Waals surface area contributed by atoms with Crippen molar-refractivity contribution in [1.29, 1.82) is 0 Å². The maximum atomic E-state index is 12.3. The van der Waals surface area contributed by atoms with Gasteiger partial charge in [0, 0.05) is 33.1 Å². The molecule has 1 aliphatic carbocycles. The van der Waals surface area contributed by atoms with E-state index in [1.165, 1.54) is 0 Å². The van der Waals surface area contributed by atoms with E-state index in [9.17, 15) is 9.59 Å². The minimum absolute atomic E-state index is 0.0504. The number of carbonyl (C=O) groups is 2. The number of amides is 2. The first kappa shape index (κ1) is 14.0. The summed E-state index contributed by atoms with van der Waals surface area (Å²) in [6, 6.07) is -0.0579.